The van der Waals surface area contributed by atoms with Crippen molar-refractivity contribution in [3.8, 4) is 5.75 Å². The topological polar surface area (TPSA) is 95.7 Å². The summed E-state index contributed by atoms with van der Waals surface area (Å²) in [5.74, 6) is -0.390. The molecular weight excluding hydrogens is 440 g/mol. The van der Waals surface area contributed by atoms with E-state index in [1.54, 1.807) is 24.0 Å². The molecule has 174 valence electrons. The number of aromatic nitrogens is 2. The van der Waals surface area contributed by atoms with Crippen LogP contribution >= 0.6 is 0 Å². The first-order valence-corrected chi connectivity index (χ1v) is 12.3. The molecule has 0 bridgehead atoms. The third kappa shape index (κ3) is 4.79. The number of benzene rings is 2. The minimum absolute atomic E-state index is 0.0980. The van der Waals surface area contributed by atoms with E-state index in [4.69, 9.17) is 0 Å². The molecular formula is C24H28N4O4S. The largest absolute Gasteiger partial charge is 0.507 e. The van der Waals surface area contributed by atoms with Gasteiger partial charge in [-0.15, -0.1) is 0 Å². The highest BCUT2D eigenvalue weighted by Crippen LogP contribution is 2.27. The second-order valence-electron chi connectivity index (χ2n) is 8.45. The number of hydrogen-bond acceptors (Lipinski definition) is 5. The minimum atomic E-state index is -3.84. The van der Waals surface area contributed by atoms with E-state index >= 15 is 0 Å². The van der Waals surface area contributed by atoms with Gasteiger partial charge in [-0.3, -0.25) is 9.48 Å². The summed E-state index contributed by atoms with van der Waals surface area (Å²) in [5, 5.41) is 14.5. The average Bonchev–Trinajstić information content (AvgIpc) is 3.11. The Balaban J connectivity index is 1.44. The van der Waals surface area contributed by atoms with E-state index in [2.05, 4.69) is 5.10 Å². The van der Waals surface area contributed by atoms with Gasteiger partial charge >= 0.3 is 0 Å². The number of hydrogen-bond donors (Lipinski definition) is 1. The zero-order chi connectivity index (χ0) is 23.8. The Morgan fingerprint density at radius 2 is 1.73 bits per heavy atom. The summed E-state index contributed by atoms with van der Waals surface area (Å²) >= 11 is 0. The summed E-state index contributed by atoms with van der Waals surface area (Å²) in [4.78, 5) is 14.7. The number of piperazine rings is 1. The van der Waals surface area contributed by atoms with Crippen LogP contribution in [0, 0.1) is 20.8 Å². The average molecular weight is 469 g/mol. The Kier molecular flexibility index (Phi) is 6.27. The second-order valence-corrected chi connectivity index (χ2v) is 10.4. The molecule has 0 atom stereocenters. The molecule has 1 aliphatic rings. The number of amides is 1. The standard InChI is InChI=1S/C24H28N4O4S/c1-17-7-8-22(29)23(13-17)33(31,32)27-11-9-26(10-12-27)24(30)21-6-4-5-20(15-21)16-28-19(3)14-18(2)25-28/h4-8,13-15,29H,9-12,16H2,1-3H3. The van der Waals surface area contributed by atoms with E-state index in [9.17, 15) is 18.3 Å². The van der Waals surface area contributed by atoms with Gasteiger partial charge in [0.05, 0.1) is 12.2 Å². The quantitative estimate of drug-likeness (QED) is 0.621. The van der Waals surface area contributed by atoms with Crippen LogP contribution in [0.2, 0.25) is 0 Å². The minimum Gasteiger partial charge on any atom is -0.507 e. The number of aryl methyl sites for hydroxylation is 3. The summed E-state index contributed by atoms with van der Waals surface area (Å²) in [7, 11) is -3.84. The van der Waals surface area contributed by atoms with Crippen molar-refractivity contribution in [3.05, 3.63) is 76.6 Å². The lowest BCUT2D eigenvalue weighted by Crippen LogP contribution is -2.50. The van der Waals surface area contributed by atoms with Crippen LogP contribution in [-0.4, -0.2) is 64.6 Å². The van der Waals surface area contributed by atoms with E-state index in [1.807, 2.05) is 42.8 Å². The smallest absolute Gasteiger partial charge is 0.253 e. The van der Waals surface area contributed by atoms with Gasteiger partial charge in [-0.1, -0.05) is 18.2 Å². The molecule has 1 N–H and O–H groups in total. The van der Waals surface area contributed by atoms with E-state index in [0.29, 0.717) is 12.1 Å². The summed E-state index contributed by atoms with van der Waals surface area (Å²) < 4.78 is 29.2. The Morgan fingerprint density at radius 3 is 2.39 bits per heavy atom. The fourth-order valence-corrected chi connectivity index (χ4v) is 5.68. The Hall–Kier alpha value is -3.17. The van der Waals surface area contributed by atoms with Crippen molar-refractivity contribution in [1.29, 1.82) is 0 Å². The van der Waals surface area contributed by atoms with Crippen LogP contribution in [0.5, 0.6) is 5.75 Å². The summed E-state index contributed by atoms with van der Waals surface area (Å²) in [6.07, 6.45) is 0. The lowest BCUT2D eigenvalue weighted by Gasteiger charge is -2.34. The molecule has 8 nitrogen and oxygen atoms in total. The molecule has 4 rings (SSSR count). The van der Waals surface area contributed by atoms with Crippen LogP contribution in [0.4, 0.5) is 0 Å². The Labute approximate surface area is 194 Å². The molecule has 3 aromatic rings. The van der Waals surface area contributed by atoms with Gasteiger partial charge in [-0.25, -0.2) is 8.42 Å². The van der Waals surface area contributed by atoms with Crippen LogP contribution in [0.3, 0.4) is 0 Å². The van der Waals surface area contributed by atoms with Crippen LogP contribution in [0.15, 0.2) is 53.4 Å². The summed E-state index contributed by atoms with van der Waals surface area (Å²) in [5.41, 5.74) is 4.30. The molecule has 1 saturated heterocycles. The van der Waals surface area contributed by atoms with Crippen molar-refractivity contribution < 1.29 is 18.3 Å². The highest BCUT2D eigenvalue weighted by molar-refractivity contribution is 7.89. The van der Waals surface area contributed by atoms with Crippen LogP contribution in [0.1, 0.15) is 32.9 Å². The van der Waals surface area contributed by atoms with Crippen LogP contribution < -0.4 is 0 Å². The Morgan fingerprint density at radius 1 is 1.00 bits per heavy atom. The van der Waals surface area contributed by atoms with Gasteiger partial charge in [0.2, 0.25) is 10.0 Å². The van der Waals surface area contributed by atoms with Gasteiger partial charge in [0.1, 0.15) is 10.6 Å². The third-order valence-corrected chi connectivity index (χ3v) is 7.80. The lowest BCUT2D eigenvalue weighted by atomic mass is 10.1. The Bertz CT molecular complexity index is 1290. The fraction of sp³-hybridized carbons (Fsp3) is 0.333. The molecule has 33 heavy (non-hydrogen) atoms. The zero-order valence-electron chi connectivity index (χ0n) is 19.0. The van der Waals surface area contributed by atoms with Crippen molar-refractivity contribution in [3.63, 3.8) is 0 Å². The second kappa shape index (κ2) is 8.99. The summed E-state index contributed by atoms with van der Waals surface area (Å²) in [6.45, 7) is 7.21. The van der Waals surface area contributed by atoms with Gasteiger partial charge in [0, 0.05) is 37.4 Å². The normalized spacial score (nSPS) is 15.1. The molecule has 1 fully saturated rings. The number of sulfonamides is 1. The maximum absolute atomic E-state index is 13.1. The van der Waals surface area contributed by atoms with Crippen molar-refractivity contribution >= 4 is 15.9 Å². The number of carbonyl (C=O) groups is 1. The van der Waals surface area contributed by atoms with Crippen molar-refractivity contribution in [2.75, 3.05) is 26.2 Å². The van der Waals surface area contributed by atoms with Crippen LogP contribution in [0.25, 0.3) is 0 Å². The fourth-order valence-electron chi connectivity index (χ4n) is 4.09. The molecule has 1 aliphatic heterocycles. The van der Waals surface area contributed by atoms with Crippen molar-refractivity contribution in [2.24, 2.45) is 0 Å². The molecule has 2 heterocycles. The van der Waals surface area contributed by atoms with Crippen molar-refractivity contribution in [2.45, 2.75) is 32.2 Å². The number of aromatic hydroxyl groups is 1. The molecule has 0 saturated carbocycles. The van der Waals surface area contributed by atoms with Gasteiger partial charge in [-0.05, 0) is 62.2 Å². The van der Waals surface area contributed by atoms with Gasteiger partial charge in [0.15, 0.2) is 0 Å². The van der Waals surface area contributed by atoms with Gasteiger partial charge in [-0.2, -0.15) is 9.40 Å². The first-order chi connectivity index (χ1) is 15.6. The number of phenolic OH excluding ortho intramolecular Hbond substituents is 1. The number of rotatable bonds is 5. The van der Waals surface area contributed by atoms with E-state index < -0.39 is 10.0 Å². The molecule has 0 radical (unpaired) electrons. The third-order valence-electron chi connectivity index (χ3n) is 5.87. The maximum Gasteiger partial charge on any atom is 0.253 e. The van der Waals surface area contributed by atoms with E-state index in [1.165, 1.54) is 16.4 Å². The van der Waals surface area contributed by atoms with E-state index in [0.717, 1.165) is 22.5 Å². The van der Waals surface area contributed by atoms with Gasteiger partial charge in [0.25, 0.3) is 5.91 Å². The van der Waals surface area contributed by atoms with Gasteiger partial charge < -0.3 is 10.0 Å². The molecule has 0 spiro atoms. The SMILES string of the molecule is Cc1ccc(O)c(S(=O)(=O)N2CCN(C(=O)c3cccc(Cn4nc(C)cc4C)c3)CC2)c1. The zero-order valence-corrected chi connectivity index (χ0v) is 19.8. The number of phenols is 1. The van der Waals surface area contributed by atoms with Crippen LogP contribution in [-0.2, 0) is 16.6 Å². The molecule has 1 aromatic heterocycles. The molecule has 2 aromatic carbocycles. The molecule has 0 aliphatic carbocycles. The maximum atomic E-state index is 13.1. The predicted octanol–water partition coefficient (Wildman–Crippen LogP) is 2.71. The van der Waals surface area contributed by atoms with Crippen molar-refractivity contribution in [1.82, 2.24) is 19.0 Å². The first kappa shape index (κ1) is 23.0. The molecule has 9 heteroatoms. The summed E-state index contributed by atoms with van der Waals surface area (Å²) in [6, 6.07) is 14.0. The number of nitrogens with zero attached hydrogens (tertiary/aromatic N) is 4. The number of carbonyl (C=O) groups excluding carboxylic acids is 1. The highest BCUT2D eigenvalue weighted by atomic mass is 32.2. The highest BCUT2D eigenvalue weighted by Gasteiger charge is 2.32. The molecule has 0 unspecified atom stereocenters. The van der Waals surface area contributed by atoms with E-state index in [-0.39, 0.29) is 42.7 Å². The molecule has 1 amide bonds. The predicted molar refractivity (Wildman–Crippen MR) is 125 cm³/mol. The first-order valence-electron chi connectivity index (χ1n) is 10.8. The monoisotopic (exact) mass is 468 g/mol. The lowest BCUT2D eigenvalue weighted by molar-refractivity contribution is 0.0697.